The van der Waals surface area contributed by atoms with Crippen LogP contribution in [0.3, 0.4) is 0 Å². The summed E-state index contributed by atoms with van der Waals surface area (Å²) in [6.45, 7) is 10.2. The number of rotatable bonds is 11. The molecule has 0 saturated carbocycles. The molecular formula is C32H38O9P2. The third kappa shape index (κ3) is 16.2. The van der Waals surface area contributed by atoms with Crippen LogP contribution in [0.15, 0.2) is 147 Å². The van der Waals surface area contributed by atoms with Crippen molar-refractivity contribution in [1.29, 1.82) is 0 Å². The summed E-state index contributed by atoms with van der Waals surface area (Å²) < 4.78 is 55.2. The molecule has 0 aliphatic heterocycles. The fourth-order valence-electron chi connectivity index (χ4n) is 2.67. The summed E-state index contributed by atoms with van der Waals surface area (Å²) >= 11 is 0. The van der Waals surface area contributed by atoms with Gasteiger partial charge in [-0.1, -0.05) is 84.9 Å². The number of aliphatic hydroxyl groups is 2. The number of phosphoric ester groups is 2. The van der Waals surface area contributed by atoms with Gasteiger partial charge in [0.05, 0.1) is 13.2 Å². The first-order valence-electron chi connectivity index (χ1n) is 13.0. The van der Waals surface area contributed by atoms with Crippen LogP contribution in [0.4, 0.5) is 0 Å². The van der Waals surface area contributed by atoms with Crippen molar-refractivity contribution in [2.24, 2.45) is 0 Å². The topological polar surface area (TPSA) is 121 Å². The quantitative estimate of drug-likeness (QED) is 0.124. The van der Waals surface area contributed by atoms with Gasteiger partial charge in [-0.25, -0.2) is 9.13 Å². The van der Waals surface area contributed by atoms with E-state index < -0.39 is 15.6 Å². The molecule has 0 aliphatic rings. The first-order chi connectivity index (χ1) is 20.8. The molecule has 230 valence electrons. The Balaban J connectivity index is 0.000000812. The molecule has 0 amide bonds. The van der Waals surface area contributed by atoms with Gasteiger partial charge in [0.15, 0.2) is 0 Å². The molecule has 9 nitrogen and oxygen atoms in total. The van der Waals surface area contributed by atoms with Crippen LogP contribution in [0, 0.1) is 0 Å². The number of para-hydroxylation sites is 4. The highest BCUT2D eigenvalue weighted by molar-refractivity contribution is 7.63. The monoisotopic (exact) mass is 628 g/mol. The Kier molecular flexibility index (Phi) is 18.5. The average molecular weight is 629 g/mol. The summed E-state index contributed by atoms with van der Waals surface area (Å²) in [5.41, 5.74) is 0. The van der Waals surface area contributed by atoms with Gasteiger partial charge in [-0.05, 0) is 62.4 Å². The van der Waals surface area contributed by atoms with Gasteiger partial charge in [-0.15, -0.1) is 17.5 Å². The van der Waals surface area contributed by atoms with E-state index in [0.29, 0.717) is 0 Å². The largest absolute Gasteiger partial charge is 0.598 e. The van der Waals surface area contributed by atoms with E-state index in [1.54, 1.807) is 133 Å². The smallest absolute Gasteiger partial charge is 0.395 e. The van der Waals surface area contributed by atoms with E-state index in [2.05, 4.69) is 13.2 Å². The van der Waals surface area contributed by atoms with Crippen LogP contribution in [-0.4, -0.2) is 23.4 Å². The minimum absolute atomic E-state index is 0.125. The summed E-state index contributed by atoms with van der Waals surface area (Å²) in [6, 6.07) is 33.0. The summed E-state index contributed by atoms with van der Waals surface area (Å²) in [7, 11) is -9.14. The standard InChI is InChI=1S/C24H20O7P2.2C3H6.C2H6O2/c25-32(27-21-13-5-1-6-14-21,28-22-15-7-2-8-16-22)31-33(26,29-23-17-9-3-10-18-23)30-24-19-11-4-12-20-24;2*1-3-2;3-1-2-4/h1-20H;2*3H,1H2,2H3;3-4H,1-2H2. The van der Waals surface area contributed by atoms with E-state index in [0.717, 1.165) is 0 Å². The Hall–Kier alpha value is -4.10. The molecule has 0 saturated heterocycles. The Bertz CT molecular complexity index is 1170. The van der Waals surface area contributed by atoms with Gasteiger partial charge < -0.3 is 28.3 Å². The summed E-state index contributed by atoms with van der Waals surface area (Å²) in [4.78, 5) is 0. The number of phosphoric acid groups is 2. The van der Waals surface area contributed by atoms with Gasteiger partial charge in [0.25, 0.3) is 0 Å². The van der Waals surface area contributed by atoms with E-state index in [-0.39, 0.29) is 36.2 Å². The number of hydrogen-bond acceptors (Lipinski definition) is 9. The molecule has 0 aromatic heterocycles. The molecule has 0 aliphatic carbocycles. The second-order valence-electron chi connectivity index (χ2n) is 7.86. The Morgan fingerprint density at radius 1 is 0.512 bits per heavy atom. The van der Waals surface area contributed by atoms with Crippen molar-refractivity contribution in [2.75, 3.05) is 13.2 Å². The van der Waals surface area contributed by atoms with Crippen molar-refractivity contribution in [3.8, 4) is 23.0 Å². The molecule has 0 bridgehead atoms. The molecule has 43 heavy (non-hydrogen) atoms. The van der Waals surface area contributed by atoms with Crippen LogP contribution in [-0.2, 0) is 13.4 Å². The van der Waals surface area contributed by atoms with Crippen molar-refractivity contribution in [3.05, 3.63) is 147 Å². The molecule has 0 atom stereocenters. The number of aliphatic hydroxyl groups excluding tert-OH is 2. The molecule has 11 heteroatoms. The van der Waals surface area contributed by atoms with Crippen LogP contribution in [0.1, 0.15) is 13.8 Å². The first kappa shape index (κ1) is 36.9. The molecule has 0 heterocycles. The molecule has 0 fully saturated rings. The molecule has 4 aromatic carbocycles. The highest BCUT2D eigenvalue weighted by Gasteiger charge is 2.46. The van der Waals surface area contributed by atoms with Crippen molar-refractivity contribution in [2.45, 2.75) is 13.8 Å². The molecule has 4 rings (SSSR count). The zero-order valence-corrected chi connectivity index (χ0v) is 26.0. The Morgan fingerprint density at radius 3 is 0.860 bits per heavy atom. The second kappa shape index (κ2) is 21.6. The number of hydrogen-bond donors (Lipinski definition) is 2. The maximum Gasteiger partial charge on any atom is 0.598 e. The number of benzene rings is 4. The SMILES string of the molecule is C=CC.C=CC.O=P(Oc1ccccc1)(Oc1ccccc1)OP(=O)(Oc1ccccc1)Oc1ccccc1.OCCO. The first-order valence-corrected chi connectivity index (χ1v) is 15.9. The van der Waals surface area contributed by atoms with E-state index in [9.17, 15) is 9.13 Å². The normalized spacial score (nSPS) is 10.0. The molecule has 2 N–H and O–H groups in total. The zero-order valence-electron chi connectivity index (χ0n) is 24.2. The molecule has 0 unspecified atom stereocenters. The van der Waals surface area contributed by atoms with Gasteiger partial charge in [0.1, 0.15) is 23.0 Å². The predicted octanol–water partition coefficient (Wildman–Crippen LogP) is 8.89. The average Bonchev–Trinajstić information content (AvgIpc) is 2.99. The van der Waals surface area contributed by atoms with Gasteiger partial charge in [0.2, 0.25) is 0 Å². The van der Waals surface area contributed by atoms with E-state index in [1.165, 1.54) is 0 Å². The highest BCUT2D eigenvalue weighted by Crippen LogP contribution is 2.64. The lowest BCUT2D eigenvalue weighted by Gasteiger charge is -2.23. The van der Waals surface area contributed by atoms with Crippen LogP contribution in [0.5, 0.6) is 23.0 Å². The van der Waals surface area contributed by atoms with Crippen LogP contribution in [0.25, 0.3) is 0 Å². The van der Waals surface area contributed by atoms with Gasteiger partial charge in [0, 0.05) is 0 Å². The second-order valence-corrected chi connectivity index (χ2v) is 11.0. The third-order valence-corrected chi connectivity index (χ3v) is 7.48. The zero-order chi connectivity index (χ0) is 31.8. The van der Waals surface area contributed by atoms with Crippen molar-refractivity contribution < 1.29 is 41.7 Å². The fourth-order valence-corrected chi connectivity index (χ4v) is 5.78. The van der Waals surface area contributed by atoms with Crippen molar-refractivity contribution >= 4 is 15.6 Å². The molecule has 4 aromatic rings. The van der Waals surface area contributed by atoms with Crippen molar-refractivity contribution in [1.82, 2.24) is 0 Å². The summed E-state index contributed by atoms with van der Waals surface area (Å²) in [5.74, 6) is 0.732. The van der Waals surface area contributed by atoms with Crippen LogP contribution < -0.4 is 18.1 Å². The van der Waals surface area contributed by atoms with Gasteiger partial charge >= 0.3 is 15.6 Å². The van der Waals surface area contributed by atoms with Crippen LogP contribution in [0.2, 0.25) is 0 Å². The number of allylic oxidation sites excluding steroid dienone is 2. The Morgan fingerprint density at radius 2 is 0.698 bits per heavy atom. The summed E-state index contributed by atoms with van der Waals surface area (Å²) in [6.07, 6.45) is 3.50. The lowest BCUT2D eigenvalue weighted by Crippen LogP contribution is -2.10. The maximum atomic E-state index is 13.7. The van der Waals surface area contributed by atoms with Crippen LogP contribution >= 0.6 is 15.6 Å². The fraction of sp³-hybridized carbons (Fsp3) is 0.125. The lowest BCUT2D eigenvalue weighted by atomic mass is 10.3. The van der Waals surface area contributed by atoms with E-state index >= 15 is 0 Å². The van der Waals surface area contributed by atoms with E-state index in [1.807, 2.05) is 13.8 Å². The highest BCUT2D eigenvalue weighted by atomic mass is 31.3. The minimum atomic E-state index is -4.57. The summed E-state index contributed by atoms with van der Waals surface area (Å²) in [5, 5.41) is 15.2. The lowest BCUT2D eigenvalue weighted by molar-refractivity contribution is 0.186. The molecular weight excluding hydrogens is 590 g/mol. The molecule has 0 spiro atoms. The van der Waals surface area contributed by atoms with E-state index in [4.69, 9.17) is 32.6 Å². The van der Waals surface area contributed by atoms with Gasteiger partial charge in [-0.3, -0.25) is 0 Å². The third-order valence-electron chi connectivity index (χ3n) is 4.14. The minimum Gasteiger partial charge on any atom is -0.395 e. The Labute approximate surface area is 253 Å². The van der Waals surface area contributed by atoms with Gasteiger partial charge in [-0.2, -0.15) is 0 Å². The maximum absolute atomic E-state index is 13.7. The van der Waals surface area contributed by atoms with Crippen molar-refractivity contribution in [3.63, 3.8) is 0 Å². The molecule has 0 radical (unpaired) electrons. The predicted molar refractivity (Wildman–Crippen MR) is 170 cm³/mol.